The number of nitrogens with one attached hydrogen (secondary N) is 2. The first kappa shape index (κ1) is 16.9. The Bertz CT molecular complexity index is 701. The maximum atomic E-state index is 12.1. The van der Waals surface area contributed by atoms with E-state index < -0.39 is 0 Å². The molecule has 7 heteroatoms. The topological polar surface area (TPSA) is 74.3 Å². The van der Waals surface area contributed by atoms with Gasteiger partial charge >= 0.3 is 0 Å². The lowest BCUT2D eigenvalue weighted by Crippen LogP contribution is -2.27. The predicted octanol–water partition coefficient (Wildman–Crippen LogP) is 2.49. The third kappa shape index (κ3) is 5.36. The molecule has 0 saturated carbocycles. The summed E-state index contributed by atoms with van der Waals surface area (Å²) in [6.07, 6.45) is 1.41. The van der Waals surface area contributed by atoms with Crippen molar-refractivity contribution in [3.63, 3.8) is 0 Å². The highest BCUT2D eigenvalue weighted by Gasteiger charge is 2.09. The van der Waals surface area contributed by atoms with E-state index in [4.69, 9.17) is 11.6 Å². The molecule has 0 aliphatic rings. The number of benzene rings is 1. The van der Waals surface area contributed by atoms with Crippen molar-refractivity contribution in [2.75, 3.05) is 31.3 Å². The molecule has 0 bridgehead atoms. The van der Waals surface area contributed by atoms with Gasteiger partial charge in [-0.25, -0.2) is 4.98 Å². The Hall–Kier alpha value is -2.44. The van der Waals surface area contributed by atoms with Crippen molar-refractivity contribution in [1.82, 2.24) is 9.88 Å². The summed E-state index contributed by atoms with van der Waals surface area (Å²) in [7, 11) is 3.63. The minimum atomic E-state index is -0.349. The Labute approximate surface area is 139 Å². The molecule has 2 aromatic rings. The molecule has 1 heterocycles. The van der Waals surface area contributed by atoms with Gasteiger partial charge in [0, 0.05) is 17.6 Å². The number of nitrogens with zero attached hydrogens (tertiary/aromatic N) is 2. The molecule has 0 spiro atoms. The minimum absolute atomic E-state index is 0.127. The molecule has 1 aromatic carbocycles. The van der Waals surface area contributed by atoms with E-state index in [1.54, 1.807) is 41.3 Å². The molecular formula is C16H17ClN4O2. The second-order valence-corrected chi connectivity index (χ2v) is 5.62. The maximum absolute atomic E-state index is 12.1. The van der Waals surface area contributed by atoms with E-state index in [2.05, 4.69) is 15.6 Å². The number of hydrogen-bond donors (Lipinski definition) is 2. The molecule has 2 N–H and O–H groups in total. The summed E-state index contributed by atoms with van der Waals surface area (Å²) < 4.78 is 0. The normalized spacial score (nSPS) is 10.4. The zero-order valence-corrected chi connectivity index (χ0v) is 13.6. The van der Waals surface area contributed by atoms with Gasteiger partial charge in [0.05, 0.1) is 11.6 Å². The van der Waals surface area contributed by atoms with Crippen molar-refractivity contribution < 1.29 is 9.59 Å². The number of likely N-dealkylation sites (N-methyl/N-ethyl adjacent to an activating group) is 1. The summed E-state index contributed by atoms with van der Waals surface area (Å²) in [4.78, 5) is 29.6. The van der Waals surface area contributed by atoms with Crippen molar-refractivity contribution >= 4 is 34.8 Å². The van der Waals surface area contributed by atoms with Gasteiger partial charge in [-0.05, 0) is 44.4 Å². The molecule has 0 atom stereocenters. The zero-order valence-electron chi connectivity index (χ0n) is 12.8. The molecular weight excluding hydrogens is 316 g/mol. The highest BCUT2D eigenvalue weighted by molar-refractivity contribution is 6.30. The minimum Gasteiger partial charge on any atom is -0.325 e. The van der Waals surface area contributed by atoms with Crippen LogP contribution in [0.1, 0.15) is 10.5 Å². The molecule has 6 nitrogen and oxygen atoms in total. The number of carbonyl (C=O) groups is 2. The molecule has 0 unspecified atom stereocenters. The molecule has 2 rings (SSSR count). The van der Waals surface area contributed by atoms with E-state index in [0.29, 0.717) is 16.4 Å². The van der Waals surface area contributed by atoms with Gasteiger partial charge < -0.3 is 15.5 Å². The van der Waals surface area contributed by atoms with Crippen LogP contribution in [0.15, 0.2) is 42.6 Å². The van der Waals surface area contributed by atoms with Gasteiger partial charge in [0.2, 0.25) is 5.91 Å². The first-order valence-electron chi connectivity index (χ1n) is 6.91. The van der Waals surface area contributed by atoms with Crippen LogP contribution in [0.4, 0.5) is 11.4 Å². The predicted molar refractivity (Wildman–Crippen MR) is 90.8 cm³/mol. The van der Waals surface area contributed by atoms with Crippen LogP contribution in [0.3, 0.4) is 0 Å². The quantitative estimate of drug-likeness (QED) is 0.882. The van der Waals surface area contributed by atoms with Crippen LogP contribution in [0.2, 0.25) is 5.02 Å². The van der Waals surface area contributed by atoms with E-state index in [-0.39, 0.29) is 24.1 Å². The standard InChI is InChI=1S/C16H17ClN4O2/c1-21(2)10-15(22)19-12-4-3-5-13(8-12)20-16(23)14-7-6-11(17)9-18-14/h3-9H,10H2,1-2H3,(H,19,22)(H,20,23). The van der Waals surface area contributed by atoms with Gasteiger partial charge in [-0.3, -0.25) is 9.59 Å². The molecule has 1 aromatic heterocycles. The Morgan fingerprint density at radius 3 is 2.43 bits per heavy atom. The molecule has 120 valence electrons. The number of halogens is 1. The Morgan fingerprint density at radius 1 is 1.13 bits per heavy atom. The third-order valence-electron chi connectivity index (χ3n) is 2.82. The Morgan fingerprint density at radius 2 is 1.83 bits per heavy atom. The van der Waals surface area contributed by atoms with E-state index in [9.17, 15) is 9.59 Å². The Kier molecular flexibility index (Phi) is 5.67. The van der Waals surface area contributed by atoms with Crippen LogP contribution in [-0.4, -0.2) is 42.3 Å². The van der Waals surface area contributed by atoms with Gasteiger partial charge in [0.1, 0.15) is 5.69 Å². The molecule has 0 saturated heterocycles. The summed E-state index contributed by atoms with van der Waals surface area (Å²) >= 11 is 5.74. The van der Waals surface area contributed by atoms with E-state index >= 15 is 0 Å². The monoisotopic (exact) mass is 332 g/mol. The van der Waals surface area contributed by atoms with Gasteiger partial charge in [-0.2, -0.15) is 0 Å². The average Bonchev–Trinajstić information content (AvgIpc) is 2.47. The summed E-state index contributed by atoms with van der Waals surface area (Å²) in [6.45, 7) is 0.283. The highest BCUT2D eigenvalue weighted by atomic mass is 35.5. The van der Waals surface area contributed by atoms with Gasteiger partial charge in [-0.1, -0.05) is 17.7 Å². The molecule has 0 radical (unpaired) electrons. The summed E-state index contributed by atoms with van der Waals surface area (Å²) in [5.74, 6) is -0.476. The van der Waals surface area contributed by atoms with Crippen molar-refractivity contribution in [1.29, 1.82) is 0 Å². The van der Waals surface area contributed by atoms with E-state index in [1.807, 2.05) is 14.1 Å². The van der Waals surface area contributed by atoms with Crippen LogP contribution in [0, 0.1) is 0 Å². The molecule has 0 fully saturated rings. The van der Waals surface area contributed by atoms with Crippen LogP contribution in [0.25, 0.3) is 0 Å². The van der Waals surface area contributed by atoms with Crippen LogP contribution in [0.5, 0.6) is 0 Å². The molecule has 0 aliphatic heterocycles. The van der Waals surface area contributed by atoms with Crippen molar-refractivity contribution in [3.05, 3.63) is 53.3 Å². The van der Waals surface area contributed by atoms with Gasteiger partial charge in [-0.15, -0.1) is 0 Å². The average molecular weight is 333 g/mol. The van der Waals surface area contributed by atoms with Gasteiger partial charge in [0.25, 0.3) is 5.91 Å². The van der Waals surface area contributed by atoms with Crippen LogP contribution >= 0.6 is 11.6 Å². The zero-order chi connectivity index (χ0) is 16.8. The first-order valence-corrected chi connectivity index (χ1v) is 7.29. The van der Waals surface area contributed by atoms with Crippen molar-refractivity contribution in [2.24, 2.45) is 0 Å². The fourth-order valence-electron chi connectivity index (χ4n) is 1.87. The number of pyridine rings is 1. The van der Waals surface area contributed by atoms with E-state index in [1.165, 1.54) is 6.20 Å². The maximum Gasteiger partial charge on any atom is 0.274 e. The third-order valence-corrected chi connectivity index (χ3v) is 3.05. The molecule has 2 amide bonds. The summed E-state index contributed by atoms with van der Waals surface area (Å²) in [5, 5.41) is 5.96. The summed E-state index contributed by atoms with van der Waals surface area (Å²) in [6, 6.07) is 10.1. The molecule has 0 aliphatic carbocycles. The molecule has 23 heavy (non-hydrogen) atoms. The number of anilines is 2. The first-order chi connectivity index (χ1) is 10.9. The number of hydrogen-bond acceptors (Lipinski definition) is 4. The fourth-order valence-corrected chi connectivity index (χ4v) is 1.98. The van der Waals surface area contributed by atoms with Crippen molar-refractivity contribution in [3.8, 4) is 0 Å². The lowest BCUT2D eigenvalue weighted by molar-refractivity contribution is -0.116. The SMILES string of the molecule is CN(C)CC(=O)Nc1cccc(NC(=O)c2ccc(Cl)cn2)c1. The number of amides is 2. The number of carbonyl (C=O) groups excluding carboxylic acids is 2. The summed E-state index contributed by atoms with van der Waals surface area (Å²) in [5.41, 5.74) is 1.43. The van der Waals surface area contributed by atoms with Crippen LogP contribution in [-0.2, 0) is 4.79 Å². The van der Waals surface area contributed by atoms with Crippen molar-refractivity contribution in [2.45, 2.75) is 0 Å². The van der Waals surface area contributed by atoms with Gasteiger partial charge in [0.15, 0.2) is 0 Å². The van der Waals surface area contributed by atoms with Crippen LogP contribution < -0.4 is 10.6 Å². The largest absolute Gasteiger partial charge is 0.325 e. The second kappa shape index (κ2) is 7.71. The Balaban J connectivity index is 2.03. The number of rotatable bonds is 5. The lowest BCUT2D eigenvalue weighted by atomic mass is 10.2. The smallest absolute Gasteiger partial charge is 0.274 e. The number of aromatic nitrogens is 1. The highest BCUT2D eigenvalue weighted by Crippen LogP contribution is 2.16. The lowest BCUT2D eigenvalue weighted by Gasteiger charge is -2.11. The van der Waals surface area contributed by atoms with E-state index in [0.717, 1.165) is 0 Å². The fraction of sp³-hybridized carbons (Fsp3) is 0.188. The second-order valence-electron chi connectivity index (χ2n) is 5.18.